The van der Waals surface area contributed by atoms with E-state index in [-0.39, 0.29) is 11.8 Å². The first-order valence-electron chi connectivity index (χ1n) is 7.40. The minimum atomic E-state index is -1.80. The lowest BCUT2D eigenvalue weighted by Gasteiger charge is -2.33. The maximum Gasteiger partial charge on any atom is 0.285 e. The largest absolute Gasteiger partial charge is 0.491 e. The Morgan fingerprint density at radius 3 is 2.15 bits per heavy atom. The number of amidine groups is 1. The molecule has 0 aliphatic carbocycles. The molecular weight excluding hydrogens is 463 g/mol. The van der Waals surface area contributed by atoms with Crippen LogP contribution in [0.5, 0.6) is 5.75 Å². The third-order valence-electron chi connectivity index (χ3n) is 2.98. The molecule has 0 aromatic heterocycles. The molecule has 1 aliphatic heterocycles. The van der Waals surface area contributed by atoms with Crippen LogP contribution in [0.1, 0.15) is 19.4 Å². The van der Waals surface area contributed by atoms with Gasteiger partial charge in [0, 0.05) is 0 Å². The summed E-state index contributed by atoms with van der Waals surface area (Å²) < 4.78 is 2.03. The van der Waals surface area contributed by atoms with Crippen LogP contribution in [0.25, 0.3) is 6.08 Å². The van der Waals surface area contributed by atoms with Crippen LogP contribution in [0.4, 0.5) is 0 Å². The van der Waals surface area contributed by atoms with Crippen LogP contribution >= 0.6 is 69.6 Å². The highest BCUT2D eigenvalue weighted by atomic mass is 35.6. The van der Waals surface area contributed by atoms with Crippen molar-refractivity contribution in [3.8, 4) is 5.75 Å². The topological polar surface area (TPSA) is 36.9 Å². The molecule has 0 bridgehead atoms. The fourth-order valence-corrected chi connectivity index (χ4v) is 2.46. The molecular formula is C16H15Cl6N3O. The van der Waals surface area contributed by atoms with Crippen LogP contribution < -0.4 is 10.2 Å². The molecule has 1 aromatic rings. The molecule has 142 valence electrons. The number of rotatable bonds is 4. The molecule has 26 heavy (non-hydrogen) atoms. The van der Waals surface area contributed by atoms with Crippen molar-refractivity contribution in [2.24, 2.45) is 4.99 Å². The molecule has 0 saturated heterocycles. The third kappa shape index (κ3) is 6.59. The molecule has 1 aromatic carbocycles. The molecule has 0 fully saturated rings. The Bertz CT molecular complexity index is 717. The Morgan fingerprint density at radius 1 is 1.04 bits per heavy atom. The van der Waals surface area contributed by atoms with Crippen LogP contribution in [0.2, 0.25) is 0 Å². The number of allylic oxidation sites excluding steroid dienone is 1. The van der Waals surface area contributed by atoms with Gasteiger partial charge in [-0.05, 0) is 37.6 Å². The number of hydrogen-bond donors (Lipinski definition) is 1. The van der Waals surface area contributed by atoms with Gasteiger partial charge < -0.3 is 4.74 Å². The van der Waals surface area contributed by atoms with Gasteiger partial charge in [0.25, 0.3) is 3.92 Å². The second-order valence-electron chi connectivity index (χ2n) is 5.53. The van der Waals surface area contributed by atoms with E-state index in [2.05, 4.69) is 10.4 Å². The van der Waals surface area contributed by atoms with Gasteiger partial charge in [0.2, 0.25) is 3.79 Å². The van der Waals surface area contributed by atoms with Gasteiger partial charge in [0.1, 0.15) is 17.3 Å². The van der Waals surface area contributed by atoms with Crippen molar-refractivity contribution in [3.05, 3.63) is 47.8 Å². The molecule has 0 atom stereocenters. The lowest BCUT2D eigenvalue weighted by Crippen LogP contribution is -2.47. The maximum absolute atomic E-state index is 5.90. The van der Waals surface area contributed by atoms with Gasteiger partial charge in [-0.15, -0.1) is 0 Å². The first-order chi connectivity index (χ1) is 11.9. The second-order valence-corrected chi connectivity index (χ2v) is 10.0. The minimum Gasteiger partial charge on any atom is -0.491 e. The zero-order chi connectivity index (χ0) is 19.5. The Balaban J connectivity index is 2.20. The van der Waals surface area contributed by atoms with Crippen molar-refractivity contribution in [1.82, 2.24) is 10.4 Å². The lowest BCUT2D eigenvalue weighted by molar-refractivity contribution is 0.242. The molecule has 0 saturated carbocycles. The normalized spacial score (nSPS) is 15.8. The van der Waals surface area contributed by atoms with E-state index in [1.165, 1.54) is 11.2 Å². The lowest BCUT2D eigenvalue weighted by atomic mass is 10.2. The summed E-state index contributed by atoms with van der Waals surface area (Å²) in [7, 11) is 0. The van der Waals surface area contributed by atoms with Crippen molar-refractivity contribution >= 4 is 81.5 Å². The molecule has 0 unspecified atom stereocenters. The number of ether oxygens (including phenoxy) is 1. The first-order valence-corrected chi connectivity index (χ1v) is 9.67. The van der Waals surface area contributed by atoms with Crippen molar-refractivity contribution in [2.45, 2.75) is 27.7 Å². The van der Waals surface area contributed by atoms with Crippen LogP contribution in [-0.4, -0.2) is 24.7 Å². The third-order valence-corrected chi connectivity index (χ3v) is 4.10. The number of hydrazine groups is 1. The Morgan fingerprint density at radius 2 is 1.65 bits per heavy atom. The van der Waals surface area contributed by atoms with Gasteiger partial charge >= 0.3 is 0 Å². The van der Waals surface area contributed by atoms with Crippen molar-refractivity contribution in [1.29, 1.82) is 0 Å². The molecule has 0 amide bonds. The highest BCUT2D eigenvalue weighted by Gasteiger charge is 2.35. The van der Waals surface area contributed by atoms with E-state index in [1.54, 1.807) is 6.08 Å². The van der Waals surface area contributed by atoms with E-state index < -0.39 is 7.71 Å². The van der Waals surface area contributed by atoms with Crippen LogP contribution in [0.15, 0.2) is 47.2 Å². The molecule has 10 heteroatoms. The van der Waals surface area contributed by atoms with Crippen molar-refractivity contribution in [2.75, 3.05) is 0 Å². The zero-order valence-electron chi connectivity index (χ0n) is 13.7. The molecule has 1 N–H and O–H groups in total. The van der Waals surface area contributed by atoms with Crippen molar-refractivity contribution in [3.63, 3.8) is 0 Å². The molecule has 0 radical (unpaired) electrons. The fraction of sp³-hybridized carbons (Fsp3) is 0.312. The Hall–Kier alpha value is -0.490. The fourth-order valence-electron chi connectivity index (χ4n) is 1.91. The molecule has 4 nitrogen and oxygen atoms in total. The number of halogens is 6. The van der Waals surface area contributed by atoms with Crippen LogP contribution in [0.3, 0.4) is 0 Å². The number of nitrogens with zero attached hydrogens (tertiary/aromatic N) is 2. The van der Waals surface area contributed by atoms with E-state index in [9.17, 15) is 0 Å². The summed E-state index contributed by atoms with van der Waals surface area (Å²) in [4.78, 5) is 4.23. The summed E-state index contributed by atoms with van der Waals surface area (Å²) in [5, 5.41) is 1.17. The van der Waals surface area contributed by atoms with Crippen LogP contribution in [0, 0.1) is 0 Å². The van der Waals surface area contributed by atoms with E-state index in [0.717, 1.165) is 11.3 Å². The minimum absolute atomic E-state index is 0.105. The second kappa shape index (κ2) is 8.68. The summed E-state index contributed by atoms with van der Waals surface area (Å²) in [6, 6.07) is 7.54. The summed E-state index contributed by atoms with van der Waals surface area (Å²) in [5.41, 5.74) is 3.84. The Kier molecular flexibility index (Phi) is 7.28. The standard InChI is InChI=1S/C16H15Cl6N3O/c1-10(2)26-12-6-3-11(4-7-12)5-8-14-23-13(15(17,18)19)9-25(24-14)16(20,21)22/h3-10H,1-2H3,(H,23,24). The van der Waals surface area contributed by atoms with E-state index in [4.69, 9.17) is 74.3 Å². The van der Waals surface area contributed by atoms with Gasteiger partial charge in [-0.1, -0.05) is 87.8 Å². The van der Waals surface area contributed by atoms with E-state index in [0.29, 0.717) is 5.84 Å². The van der Waals surface area contributed by atoms with Gasteiger partial charge in [-0.25, -0.2) is 10.0 Å². The first kappa shape index (κ1) is 21.8. The molecule has 1 heterocycles. The number of benzene rings is 1. The Labute approximate surface area is 182 Å². The maximum atomic E-state index is 5.90. The molecule has 1 aliphatic rings. The summed E-state index contributed by atoms with van der Waals surface area (Å²) in [5.74, 6) is 1.12. The quantitative estimate of drug-likeness (QED) is 0.411. The summed E-state index contributed by atoms with van der Waals surface area (Å²) in [6.07, 6.45) is 4.90. The SMILES string of the molecule is CC(C)Oc1ccc(C=CC2=NC(C(Cl)(Cl)Cl)=CN(C(Cl)(Cl)Cl)N2)cc1. The summed E-state index contributed by atoms with van der Waals surface area (Å²) in [6.45, 7) is 3.93. The summed E-state index contributed by atoms with van der Waals surface area (Å²) >= 11 is 35.4. The van der Waals surface area contributed by atoms with Crippen LogP contribution in [-0.2, 0) is 0 Å². The average Bonchev–Trinajstić information content (AvgIpc) is 2.52. The zero-order valence-corrected chi connectivity index (χ0v) is 18.2. The highest BCUT2D eigenvalue weighted by Crippen LogP contribution is 2.39. The highest BCUT2D eigenvalue weighted by molar-refractivity contribution is 6.69. The number of nitrogens with one attached hydrogen (secondary N) is 1. The number of alkyl halides is 6. The predicted molar refractivity (Wildman–Crippen MR) is 112 cm³/mol. The van der Waals surface area contributed by atoms with E-state index >= 15 is 0 Å². The number of aliphatic imine (C=N–C) groups is 1. The smallest absolute Gasteiger partial charge is 0.285 e. The monoisotopic (exact) mass is 475 g/mol. The van der Waals surface area contributed by atoms with Gasteiger partial charge in [-0.3, -0.25) is 5.43 Å². The van der Waals surface area contributed by atoms with E-state index in [1.807, 2.05) is 44.2 Å². The van der Waals surface area contributed by atoms with Gasteiger partial charge in [0.05, 0.1) is 12.3 Å². The van der Waals surface area contributed by atoms with Gasteiger partial charge in [-0.2, -0.15) is 0 Å². The molecule has 0 spiro atoms. The molecule has 2 rings (SSSR count). The number of hydrogen-bond acceptors (Lipinski definition) is 4. The van der Waals surface area contributed by atoms with Gasteiger partial charge in [0.15, 0.2) is 0 Å². The average molecular weight is 478 g/mol. The predicted octanol–water partition coefficient (Wildman–Crippen LogP) is 6.25. The van der Waals surface area contributed by atoms with Crippen molar-refractivity contribution < 1.29 is 4.74 Å².